The van der Waals surface area contributed by atoms with Gasteiger partial charge in [-0.3, -0.25) is 0 Å². The molecule has 1 aliphatic heterocycles. The first kappa shape index (κ1) is 31.2. The fourth-order valence-electron chi connectivity index (χ4n) is 8.38. The van der Waals surface area contributed by atoms with E-state index in [1.54, 1.807) is 0 Å². The summed E-state index contributed by atoms with van der Waals surface area (Å²) in [5, 5.41) is 13.9. The lowest BCUT2D eigenvalue weighted by Gasteiger charge is -2.31. The van der Waals surface area contributed by atoms with Crippen molar-refractivity contribution < 1.29 is 0 Å². The molecule has 3 nitrogen and oxygen atoms in total. The van der Waals surface area contributed by atoms with E-state index >= 15 is 0 Å². The van der Waals surface area contributed by atoms with Gasteiger partial charge in [0.05, 0.1) is 0 Å². The molecule has 1 N–H and O–H groups in total. The van der Waals surface area contributed by atoms with Crippen molar-refractivity contribution in [1.29, 1.82) is 0 Å². The van der Waals surface area contributed by atoms with Crippen molar-refractivity contribution in [2.75, 3.05) is 0 Å². The summed E-state index contributed by atoms with van der Waals surface area (Å²) in [6, 6.07) is 57.1. The molecular formula is C50H37N3. The summed E-state index contributed by atoms with van der Waals surface area (Å²) in [5.74, 6) is 2.15. The smallest absolute Gasteiger partial charge is 0.159 e. The van der Waals surface area contributed by atoms with Crippen LogP contribution in [0.4, 0.5) is 0 Å². The first-order valence-corrected chi connectivity index (χ1v) is 18.5. The highest BCUT2D eigenvalue weighted by atomic mass is 15.2. The SMILES string of the molecule is CC1C=CC=CC1C1N=C(c2ccccc2)N=C(c2cccc(-c3c(-c4ccc5c6ccccc6c6ccccc6c5c4)ccc4ccccc34)c2)N1. The predicted octanol–water partition coefficient (Wildman–Crippen LogP) is 12.1. The highest BCUT2D eigenvalue weighted by Gasteiger charge is 2.29. The summed E-state index contributed by atoms with van der Waals surface area (Å²) in [6.45, 7) is 2.26. The van der Waals surface area contributed by atoms with Gasteiger partial charge in [0, 0.05) is 17.0 Å². The van der Waals surface area contributed by atoms with E-state index in [9.17, 15) is 0 Å². The molecule has 0 amide bonds. The summed E-state index contributed by atoms with van der Waals surface area (Å²) in [5.41, 5.74) is 6.82. The third-order valence-electron chi connectivity index (χ3n) is 11.0. The lowest BCUT2D eigenvalue weighted by Crippen LogP contribution is -2.44. The number of hydrogen-bond donors (Lipinski definition) is 1. The second kappa shape index (κ2) is 12.9. The first-order chi connectivity index (χ1) is 26.2. The summed E-state index contributed by atoms with van der Waals surface area (Å²) in [7, 11) is 0. The van der Waals surface area contributed by atoms with E-state index in [0.717, 1.165) is 28.4 Å². The van der Waals surface area contributed by atoms with E-state index in [4.69, 9.17) is 9.98 Å². The van der Waals surface area contributed by atoms with E-state index in [1.807, 2.05) is 6.07 Å². The fraction of sp³-hybridized carbons (Fsp3) is 0.0800. The van der Waals surface area contributed by atoms with Crippen LogP contribution in [0.3, 0.4) is 0 Å². The van der Waals surface area contributed by atoms with E-state index in [1.165, 1.54) is 59.8 Å². The maximum atomic E-state index is 5.18. The molecule has 0 saturated carbocycles. The lowest BCUT2D eigenvalue weighted by molar-refractivity contribution is 0.394. The number of hydrogen-bond acceptors (Lipinski definition) is 3. The summed E-state index contributed by atoms with van der Waals surface area (Å²) >= 11 is 0. The zero-order valence-electron chi connectivity index (χ0n) is 29.4. The number of rotatable bonds is 5. The third kappa shape index (κ3) is 5.44. The maximum absolute atomic E-state index is 5.18. The number of nitrogens with one attached hydrogen (secondary N) is 1. The molecule has 1 aliphatic carbocycles. The molecule has 8 aromatic rings. The molecule has 0 fully saturated rings. The van der Waals surface area contributed by atoms with Crippen molar-refractivity contribution >= 4 is 54.8 Å². The Kier molecular flexibility index (Phi) is 7.58. The minimum absolute atomic E-state index is 0.144. The van der Waals surface area contributed by atoms with E-state index in [-0.39, 0.29) is 12.1 Å². The van der Waals surface area contributed by atoms with E-state index < -0.39 is 0 Å². The fourth-order valence-corrected chi connectivity index (χ4v) is 8.38. The van der Waals surface area contributed by atoms with Gasteiger partial charge in [-0.1, -0.05) is 177 Å². The number of nitrogens with zero attached hydrogens (tertiary/aromatic N) is 2. The second-order valence-corrected chi connectivity index (χ2v) is 14.2. The number of fused-ring (bicyclic) bond motifs is 7. The molecule has 10 rings (SSSR count). The van der Waals surface area contributed by atoms with Gasteiger partial charge in [-0.2, -0.15) is 0 Å². The van der Waals surface area contributed by atoms with Crippen LogP contribution in [0.2, 0.25) is 0 Å². The van der Waals surface area contributed by atoms with Crippen molar-refractivity contribution in [2.24, 2.45) is 21.8 Å². The summed E-state index contributed by atoms with van der Waals surface area (Å²) in [6.07, 6.45) is 8.65. The van der Waals surface area contributed by atoms with Crippen molar-refractivity contribution in [3.8, 4) is 22.3 Å². The van der Waals surface area contributed by atoms with Crippen LogP contribution in [-0.2, 0) is 0 Å². The van der Waals surface area contributed by atoms with Crippen LogP contribution in [0, 0.1) is 11.8 Å². The largest absolute Gasteiger partial charge is 0.347 e. The highest BCUT2D eigenvalue weighted by molar-refractivity contribution is 6.26. The molecule has 8 aromatic carbocycles. The second-order valence-electron chi connectivity index (χ2n) is 14.2. The standard InChI is InChI=1S/C50H37N3/c1-32-14-5-7-20-38(32)50-52-48(34-16-3-2-4-17-34)51-49(53-50)37-19-13-18-36(30-37)47-39-21-8-6-15-33(39)26-28-40(47)35-27-29-45-43-24-10-9-22-41(43)42-23-11-12-25-44(42)46(45)31-35/h2-32,38,50H,1H3,(H,51,52,53). The molecule has 252 valence electrons. The topological polar surface area (TPSA) is 36.8 Å². The Morgan fingerprint density at radius 1 is 0.472 bits per heavy atom. The Balaban J connectivity index is 1.14. The molecule has 2 aliphatic rings. The van der Waals surface area contributed by atoms with Gasteiger partial charge >= 0.3 is 0 Å². The number of aliphatic imine (C=N–C) groups is 2. The molecular weight excluding hydrogens is 643 g/mol. The van der Waals surface area contributed by atoms with E-state index in [2.05, 4.69) is 188 Å². The van der Waals surface area contributed by atoms with Gasteiger partial charge in [-0.15, -0.1) is 0 Å². The molecule has 53 heavy (non-hydrogen) atoms. The predicted molar refractivity (Wildman–Crippen MR) is 225 cm³/mol. The molecule has 3 atom stereocenters. The quantitative estimate of drug-likeness (QED) is 0.181. The molecule has 0 saturated heterocycles. The van der Waals surface area contributed by atoms with Crippen molar-refractivity contribution in [2.45, 2.75) is 13.1 Å². The lowest BCUT2D eigenvalue weighted by atomic mass is 9.86. The minimum atomic E-state index is -0.144. The molecule has 0 spiro atoms. The Hall–Kier alpha value is -6.58. The van der Waals surface area contributed by atoms with Gasteiger partial charge < -0.3 is 5.32 Å². The van der Waals surface area contributed by atoms with Crippen LogP contribution in [0.1, 0.15) is 18.1 Å². The van der Waals surface area contributed by atoms with Gasteiger partial charge in [-0.05, 0) is 83.4 Å². The van der Waals surface area contributed by atoms with Gasteiger partial charge in [-0.25, -0.2) is 9.98 Å². The van der Waals surface area contributed by atoms with Gasteiger partial charge in [0.2, 0.25) is 0 Å². The maximum Gasteiger partial charge on any atom is 0.159 e. The van der Waals surface area contributed by atoms with Crippen molar-refractivity contribution in [3.05, 3.63) is 193 Å². The minimum Gasteiger partial charge on any atom is -0.347 e. The number of amidine groups is 2. The van der Waals surface area contributed by atoms with Crippen LogP contribution in [0.25, 0.3) is 65.3 Å². The zero-order valence-corrected chi connectivity index (χ0v) is 29.4. The molecule has 3 heteroatoms. The first-order valence-electron chi connectivity index (χ1n) is 18.5. The Labute approximate surface area is 309 Å². The average molecular weight is 680 g/mol. The zero-order chi connectivity index (χ0) is 35.3. The number of allylic oxidation sites excluding steroid dienone is 3. The van der Waals surface area contributed by atoms with Gasteiger partial charge in [0.1, 0.15) is 12.0 Å². The molecule has 0 radical (unpaired) electrons. The van der Waals surface area contributed by atoms with Crippen LogP contribution < -0.4 is 5.32 Å². The van der Waals surface area contributed by atoms with Gasteiger partial charge in [0.15, 0.2) is 5.84 Å². The van der Waals surface area contributed by atoms with Crippen molar-refractivity contribution in [1.82, 2.24) is 5.32 Å². The number of benzene rings is 8. The van der Waals surface area contributed by atoms with E-state index in [0.29, 0.717) is 5.92 Å². The van der Waals surface area contributed by atoms with Gasteiger partial charge in [0.25, 0.3) is 0 Å². The highest BCUT2D eigenvalue weighted by Crippen LogP contribution is 2.42. The van der Waals surface area contributed by atoms with Crippen LogP contribution in [-0.4, -0.2) is 17.8 Å². The Bertz CT molecular complexity index is 2810. The molecule has 0 aromatic heterocycles. The summed E-state index contributed by atoms with van der Waals surface area (Å²) < 4.78 is 0. The third-order valence-corrected chi connectivity index (χ3v) is 11.0. The molecule has 0 bridgehead atoms. The van der Waals surface area contributed by atoms with Crippen molar-refractivity contribution in [3.63, 3.8) is 0 Å². The Morgan fingerprint density at radius 2 is 1.09 bits per heavy atom. The van der Waals surface area contributed by atoms with Crippen LogP contribution in [0.5, 0.6) is 0 Å². The molecule has 3 unspecified atom stereocenters. The molecule has 1 heterocycles. The normalized spacial score (nSPS) is 18.3. The monoisotopic (exact) mass is 679 g/mol. The van der Waals surface area contributed by atoms with Crippen LogP contribution >= 0.6 is 0 Å². The summed E-state index contributed by atoms with van der Waals surface area (Å²) in [4.78, 5) is 10.3. The average Bonchev–Trinajstić information content (AvgIpc) is 3.23. The van der Waals surface area contributed by atoms with Crippen LogP contribution in [0.15, 0.2) is 192 Å². The Morgan fingerprint density at radius 3 is 1.85 bits per heavy atom.